The Kier molecular flexibility index (Phi) is 6.66. The minimum Gasteiger partial charge on any atom is -0.396 e. The summed E-state index contributed by atoms with van der Waals surface area (Å²) in [6.07, 6.45) is 5.02. The van der Waals surface area contributed by atoms with E-state index in [0.717, 1.165) is 16.4 Å². The number of amides is 1. The van der Waals surface area contributed by atoms with Crippen LogP contribution in [0.25, 0.3) is 0 Å². The first-order valence-electron chi connectivity index (χ1n) is 8.77. The average molecular weight is 418 g/mol. The van der Waals surface area contributed by atoms with Gasteiger partial charge in [0, 0.05) is 24.9 Å². The van der Waals surface area contributed by atoms with E-state index in [1.54, 1.807) is 25.4 Å². The van der Waals surface area contributed by atoms with E-state index in [1.807, 2.05) is 13.0 Å². The molecule has 0 spiro atoms. The van der Waals surface area contributed by atoms with Crippen molar-refractivity contribution in [3.05, 3.63) is 62.3 Å². The summed E-state index contributed by atoms with van der Waals surface area (Å²) in [7, 11) is 0. The Bertz CT molecular complexity index is 972. The van der Waals surface area contributed by atoms with E-state index in [2.05, 4.69) is 25.3 Å². The minimum absolute atomic E-state index is 0.129. The molecule has 0 aliphatic rings. The van der Waals surface area contributed by atoms with E-state index >= 15 is 0 Å². The summed E-state index contributed by atoms with van der Waals surface area (Å²) in [5.41, 5.74) is 2.89. The molecule has 3 heterocycles. The summed E-state index contributed by atoms with van der Waals surface area (Å²) >= 11 is 7.45. The molecule has 146 valence electrons. The summed E-state index contributed by atoms with van der Waals surface area (Å²) in [6.45, 7) is 3.75. The number of pyridine rings is 1. The van der Waals surface area contributed by atoms with E-state index in [4.69, 9.17) is 16.7 Å². The minimum atomic E-state index is -0.274. The molecule has 0 aromatic carbocycles. The number of aliphatic hydroxyl groups is 1. The number of halogens is 1. The van der Waals surface area contributed by atoms with Crippen molar-refractivity contribution in [2.45, 2.75) is 33.1 Å². The Labute approximate surface area is 171 Å². The monoisotopic (exact) mass is 417 g/mol. The molecule has 3 aromatic rings. The molecule has 0 atom stereocenters. The number of aliphatic hydroxyl groups excluding tert-OH is 1. The Morgan fingerprint density at radius 2 is 2.04 bits per heavy atom. The van der Waals surface area contributed by atoms with Gasteiger partial charge in [-0.25, -0.2) is 15.0 Å². The van der Waals surface area contributed by atoms with E-state index in [-0.39, 0.29) is 12.5 Å². The fourth-order valence-electron chi connectivity index (χ4n) is 2.69. The first-order valence-corrected chi connectivity index (χ1v) is 9.97. The van der Waals surface area contributed by atoms with E-state index < -0.39 is 0 Å². The molecule has 1 amide bonds. The lowest BCUT2D eigenvalue weighted by atomic mass is 10.2. The smallest absolute Gasteiger partial charge is 0.267 e. The molecule has 0 radical (unpaired) electrons. The van der Waals surface area contributed by atoms with Crippen molar-refractivity contribution in [1.29, 1.82) is 0 Å². The highest BCUT2D eigenvalue weighted by atomic mass is 35.5. The summed E-state index contributed by atoms with van der Waals surface area (Å²) in [5.74, 6) is 0.408. The molecule has 3 aromatic heterocycles. The van der Waals surface area contributed by atoms with Crippen LogP contribution in [0.15, 0.2) is 24.5 Å². The number of aryl methyl sites for hydroxylation is 3. The van der Waals surface area contributed by atoms with Gasteiger partial charge in [-0.15, -0.1) is 11.3 Å². The zero-order chi connectivity index (χ0) is 20.1. The zero-order valence-corrected chi connectivity index (χ0v) is 17.1. The number of rotatable bonds is 7. The maximum atomic E-state index is 12.5. The van der Waals surface area contributed by atoms with Crippen molar-refractivity contribution < 1.29 is 9.90 Å². The molecule has 2 N–H and O–H groups in total. The fourth-order valence-corrected chi connectivity index (χ4v) is 3.76. The van der Waals surface area contributed by atoms with E-state index in [0.29, 0.717) is 46.4 Å². The van der Waals surface area contributed by atoms with Gasteiger partial charge in [-0.05, 0) is 38.8 Å². The van der Waals surface area contributed by atoms with Crippen molar-refractivity contribution >= 4 is 34.5 Å². The molecule has 0 saturated carbocycles. The predicted octanol–water partition coefficient (Wildman–Crippen LogP) is 3.37. The number of carbonyl (C=O) groups excluding carboxylic acids is 1. The van der Waals surface area contributed by atoms with Crippen LogP contribution >= 0.6 is 22.9 Å². The van der Waals surface area contributed by atoms with Gasteiger partial charge in [0.1, 0.15) is 10.7 Å². The number of nitrogens with zero attached hydrogens (tertiary/aromatic N) is 4. The van der Waals surface area contributed by atoms with Crippen LogP contribution in [-0.4, -0.2) is 37.6 Å². The fraction of sp³-hybridized carbons (Fsp3) is 0.316. The van der Waals surface area contributed by atoms with Crippen LogP contribution in [0.2, 0.25) is 5.02 Å². The third-order valence-corrected chi connectivity index (χ3v) is 5.28. The molecule has 0 aliphatic carbocycles. The zero-order valence-electron chi connectivity index (χ0n) is 15.6. The van der Waals surface area contributed by atoms with Crippen LogP contribution in [0, 0.1) is 13.8 Å². The van der Waals surface area contributed by atoms with Gasteiger partial charge < -0.3 is 10.4 Å². The van der Waals surface area contributed by atoms with Crippen LogP contribution in [0.3, 0.4) is 0 Å². The second-order valence-electron chi connectivity index (χ2n) is 6.23. The normalized spacial score (nSPS) is 10.9. The van der Waals surface area contributed by atoms with Gasteiger partial charge in [-0.2, -0.15) is 0 Å². The molecule has 9 heteroatoms. The van der Waals surface area contributed by atoms with Crippen molar-refractivity contribution in [1.82, 2.24) is 19.9 Å². The molecule has 0 fully saturated rings. The standard InChI is InChI=1S/C19H20ClN5O2S/c1-11-18(15(20)5-6-21-11)25-19(27)16-10-22-17(28-16)9-14-8-13(4-3-7-26)23-12(2)24-14/h5-6,8,10,26H,3-4,7,9H2,1-2H3,(H,25,27). The van der Waals surface area contributed by atoms with Gasteiger partial charge in [-0.1, -0.05) is 11.6 Å². The molecular formula is C19H20ClN5O2S. The molecular weight excluding hydrogens is 398 g/mol. The van der Waals surface area contributed by atoms with Crippen molar-refractivity contribution in [3.63, 3.8) is 0 Å². The van der Waals surface area contributed by atoms with E-state index in [9.17, 15) is 4.79 Å². The molecule has 28 heavy (non-hydrogen) atoms. The predicted molar refractivity (Wildman–Crippen MR) is 109 cm³/mol. The van der Waals surface area contributed by atoms with Gasteiger partial charge in [0.15, 0.2) is 0 Å². The van der Waals surface area contributed by atoms with Gasteiger partial charge >= 0.3 is 0 Å². The van der Waals surface area contributed by atoms with Gasteiger partial charge in [0.2, 0.25) is 0 Å². The number of hydrogen-bond donors (Lipinski definition) is 2. The summed E-state index contributed by atoms with van der Waals surface area (Å²) in [4.78, 5) is 30.4. The second kappa shape index (κ2) is 9.18. The van der Waals surface area contributed by atoms with Crippen LogP contribution < -0.4 is 5.32 Å². The highest BCUT2D eigenvalue weighted by Crippen LogP contribution is 2.25. The molecule has 3 rings (SSSR count). The molecule has 7 nitrogen and oxygen atoms in total. The maximum absolute atomic E-state index is 12.5. The van der Waals surface area contributed by atoms with Crippen molar-refractivity contribution in [2.75, 3.05) is 11.9 Å². The lowest BCUT2D eigenvalue weighted by Gasteiger charge is -2.08. The second-order valence-corrected chi connectivity index (χ2v) is 7.75. The van der Waals surface area contributed by atoms with Gasteiger partial charge in [0.25, 0.3) is 5.91 Å². The first kappa shape index (κ1) is 20.3. The summed E-state index contributed by atoms with van der Waals surface area (Å²) in [6, 6.07) is 3.55. The van der Waals surface area contributed by atoms with Crippen LogP contribution in [-0.2, 0) is 12.8 Å². The number of carbonyl (C=O) groups is 1. The highest BCUT2D eigenvalue weighted by Gasteiger charge is 2.15. The van der Waals surface area contributed by atoms with Gasteiger partial charge in [-0.3, -0.25) is 9.78 Å². The quantitative estimate of drug-likeness (QED) is 0.611. The third-order valence-electron chi connectivity index (χ3n) is 3.97. The topological polar surface area (TPSA) is 101 Å². The number of hydrogen-bond acceptors (Lipinski definition) is 7. The lowest BCUT2D eigenvalue weighted by Crippen LogP contribution is -2.12. The Morgan fingerprint density at radius 3 is 2.79 bits per heavy atom. The van der Waals surface area contributed by atoms with Crippen LogP contribution in [0.5, 0.6) is 0 Å². The molecule has 0 aliphatic heterocycles. The molecule has 0 bridgehead atoms. The highest BCUT2D eigenvalue weighted by molar-refractivity contribution is 7.13. The van der Waals surface area contributed by atoms with Crippen LogP contribution in [0.1, 0.15) is 44.0 Å². The Morgan fingerprint density at radius 1 is 1.25 bits per heavy atom. The SMILES string of the molecule is Cc1nc(CCCO)cc(Cc2ncc(C(=O)Nc3c(Cl)ccnc3C)s2)n1. The van der Waals surface area contributed by atoms with Crippen molar-refractivity contribution in [3.8, 4) is 0 Å². The average Bonchev–Trinajstić information content (AvgIpc) is 3.11. The summed E-state index contributed by atoms with van der Waals surface area (Å²) < 4.78 is 0. The number of aromatic nitrogens is 4. The van der Waals surface area contributed by atoms with Crippen molar-refractivity contribution in [2.24, 2.45) is 0 Å². The Balaban J connectivity index is 1.72. The van der Waals surface area contributed by atoms with E-state index in [1.165, 1.54) is 11.3 Å². The summed E-state index contributed by atoms with van der Waals surface area (Å²) in [5, 5.41) is 13.0. The van der Waals surface area contributed by atoms with Crippen LogP contribution in [0.4, 0.5) is 5.69 Å². The van der Waals surface area contributed by atoms with Gasteiger partial charge in [0.05, 0.1) is 33.3 Å². The molecule has 0 unspecified atom stereocenters. The molecule has 0 saturated heterocycles. The number of thiazole rings is 1. The number of nitrogens with one attached hydrogen (secondary N) is 1. The maximum Gasteiger partial charge on any atom is 0.267 e. The Hall–Kier alpha value is -2.42. The lowest BCUT2D eigenvalue weighted by molar-refractivity contribution is 0.103. The third kappa shape index (κ3) is 5.09. The first-order chi connectivity index (χ1) is 13.5. The largest absolute Gasteiger partial charge is 0.396 e. The number of anilines is 1.